The van der Waals surface area contributed by atoms with E-state index in [0.717, 1.165) is 16.1 Å². The van der Waals surface area contributed by atoms with Crippen LogP contribution < -0.4 is 5.32 Å². The molecule has 3 aromatic rings. The van der Waals surface area contributed by atoms with Gasteiger partial charge in [-0.05, 0) is 23.2 Å². The van der Waals surface area contributed by atoms with Crippen LogP contribution in [0.4, 0.5) is 10.1 Å². The molecule has 0 saturated carbocycles. The molecule has 3 nitrogen and oxygen atoms in total. The number of fused-ring (bicyclic) bond motifs is 1. The molecule has 1 amide bonds. The Kier molecular flexibility index (Phi) is 3.42. The molecule has 1 N–H and O–H groups in total. The fourth-order valence-corrected chi connectivity index (χ4v) is 3.89. The Hall–Kier alpha value is -2.53. The summed E-state index contributed by atoms with van der Waals surface area (Å²) in [5, 5.41) is 2.91. The largest absolute Gasteiger partial charge is 0.323 e. The molecule has 0 saturated heterocycles. The Balaban J connectivity index is 1.85. The number of amides is 1. The number of carbonyl (C=O) groups excluding carboxylic acids is 1. The lowest BCUT2D eigenvalue weighted by Gasteiger charge is -2.23. The molecule has 0 unspecified atom stereocenters. The van der Waals surface area contributed by atoms with Gasteiger partial charge in [-0.15, -0.1) is 0 Å². The minimum atomic E-state index is -0.284. The summed E-state index contributed by atoms with van der Waals surface area (Å²) in [6.45, 7) is 0. The van der Waals surface area contributed by atoms with Crippen LogP contribution in [-0.4, -0.2) is 10.3 Å². The topological polar surface area (TPSA) is 42.0 Å². The number of rotatable bonds is 2. The van der Waals surface area contributed by atoms with Crippen LogP contribution in [0.1, 0.15) is 22.8 Å². The normalized spacial score (nSPS) is 16.7. The van der Waals surface area contributed by atoms with Crippen LogP contribution in [0.25, 0.3) is 11.3 Å². The predicted octanol–water partition coefficient (Wildman–Crippen LogP) is 4.42. The van der Waals surface area contributed by atoms with Crippen molar-refractivity contribution < 1.29 is 9.18 Å². The number of carbonyl (C=O) groups is 1. The molecule has 0 spiro atoms. The van der Waals surface area contributed by atoms with E-state index in [1.54, 1.807) is 18.2 Å². The summed E-state index contributed by atoms with van der Waals surface area (Å²) in [5.41, 5.74) is 2.96. The molecule has 1 aromatic heterocycles. The Labute approximate surface area is 137 Å². The Morgan fingerprint density at radius 2 is 1.83 bits per heavy atom. The molecule has 0 fully saturated rings. The Bertz CT molecular complexity index is 876. The molecule has 23 heavy (non-hydrogen) atoms. The highest BCUT2D eigenvalue weighted by molar-refractivity contribution is 7.07. The van der Waals surface area contributed by atoms with E-state index in [2.05, 4.69) is 9.69 Å². The van der Waals surface area contributed by atoms with Gasteiger partial charge < -0.3 is 5.32 Å². The second-order valence-corrected chi connectivity index (χ2v) is 6.27. The fourth-order valence-electron chi connectivity index (χ4n) is 2.93. The maximum absolute atomic E-state index is 14.2. The van der Waals surface area contributed by atoms with E-state index < -0.39 is 0 Å². The molecule has 0 bridgehead atoms. The zero-order valence-electron chi connectivity index (χ0n) is 12.1. The van der Waals surface area contributed by atoms with Gasteiger partial charge in [0.2, 0.25) is 5.91 Å². The number of aromatic nitrogens is 1. The van der Waals surface area contributed by atoms with Crippen LogP contribution in [-0.2, 0) is 4.79 Å². The molecule has 4 rings (SSSR count). The van der Waals surface area contributed by atoms with E-state index in [1.807, 2.05) is 30.3 Å². The van der Waals surface area contributed by atoms with Crippen molar-refractivity contribution in [3.63, 3.8) is 0 Å². The lowest BCUT2D eigenvalue weighted by atomic mass is 9.89. The highest BCUT2D eigenvalue weighted by Crippen LogP contribution is 2.45. The van der Waals surface area contributed by atoms with Gasteiger partial charge in [0.15, 0.2) is 0 Å². The molecular weight excluding hydrogens is 311 g/mol. The summed E-state index contributed by atoms with van der Waals surface area (Å²) in [5.74, 6) is -0.675. The van der Waals surface area contributed by atoms with Gasteiger partial charge in [-0.1, -0.05) is 48.5 Å². The van der Waals surface area contributed by atoms with Crippen LogP contribution in [0.2, 0.25) is 0 Å². The smallest absolute Gasteiger partial charge is 0.225 e. The predicted molar refractivity (Wildman–Crippen MR) is 89.0 cm³/mol. The Morgan fingerprint density at radius 3 is 2.61 bits per heavy atom. The van der Waals surface area contributed by atoms with Crippen molar-refractivity contribution in [1.29, 1.82) is 0 Å². The molecule has 0 aliphatic carbocycles. The van der Waals surface area contributed by atoms with Gasteiger partial charge in [-0.25, -0.2) is 4.39 Å². The zero-order valence-corrected chi connectivity index (χ0v) is 12.9. The lowest BCUT2D eigenvalue weighted by molar-refractivity contribution is -0.116. The third kappa shape index (κ3) is 2.43. The van der Waals surface area contributed by atoms with E-state index in [-0.39, 0.29) is 24.1 Å². The number of hydrogen-bond donors (Lipinski definition) is 1. The summed E-state index contributed by atoms with van der Waals surface area (Å²) in [7, 11) is 0. The lowest BCUT2D eigenvalue weighted by Crippen LogP contribution is -2.23. The third-order valence-corrected chi connectivity index (χ3v) is 4.98. The van der Waals surface area contributed by atoms with Crippen molar-refractivity contribution in [2.45, 2.75) is 12.3 Å². The van der Waals surface area contributed by atoms with E-state index >= 15 is 0 Å². The molecule has 1 aliphatic heterocycles. The molecule has 5 heteroatoms. The number of anilines is 1. The van der Waals surface area contributed by atoms with Gasteiger partial charge >= 0.3 is 0 Å². The average Bonchev–Trinajstić information content (AvgIpc) is 2.99. The third-order valence-electron chi connectivity index (χ3n) is 4.02. The standard InChI is InChI=1S/C18H13FN2OS/c19-14-9-5-4-8-12(14)13-10-15(22)20-17-16(21-23-18(13)17)11-6-2-1-3-7-11/h1-9,13H,10H2,(H,20,22)/t13-/m0/s1. The Morgan fingerprint density at radius 1 is 1.09 bits per heavy atom. The SMILES string of the molecule is O=C1C[C@@H](c2ccccc2F)c2snc(-c3ccccc3)c2N1. The van der Waals surface area contributed by atoms with Gasteiger partial charge in [0.25, 0.3) is 0 Å². The number of nitrogens with zero attached hydrogens (tertiary/aromatic N) is 1. The van der Waals surface area contributed by atoms with E-state index in [9.17, 15) is 9.18 Å². The van der Waals surface area contributed by atoms with Gasteiger partial charge in [0, 0.05) is 17.9 Å². The molecule has 0 radical (unpaired) electrons. The van der Waals surface area contributed by atoms with E-state index in [4.69, 9.17) is 0 Å². The number of nitrogens with one attached hydrogen (secondary N) is 1. The first kappa shape index (κ1) is 14.1. The monoisotopic (exact) mass is 324 g/mol. The quantitative estimate of drug-likeness (QED) is 0.758. The minimum absolute atomic E-state index is 0.108. The van der Waals surface area contributed by atoms with Gasteiger partial charge in [0.05, 0.1) is 10.6 Å². The van der Waals surface area contributed by atoms with Crippen molar-refractivity contribution in [2.24, 2.45) is 0 Å². The highest BCUT2D eigenvalue weighted by atomic mass is 32.1. The van der Waals surface area contributed by atoms with Crippen molar-refractivity contribution in [1.82, 2.24) is 4.37 Å². The first-order chi connectivity index (χ1) is 11.2. The molecule has 114 valence electrons. The van der Waals surface area contributed by atoms with Crippen LogP contribution >= 0.6 is 11.5 Å². The summed E-state index contributed by atoms with van der Waals surface area (Å²) < 4.78 is 18.7. The minimum Gasteiger partial charge on any atom is -0.323 e. The first-order valence-corrected chi connectivity index (χ1v) is 8.10. The van der Waals surface area contributed by atoms with Gasteiger partial charge in [-0.3, -0.25) is 4.79 Å². The number of halogens is 1. The summed E-state index contributed by atoms with van der Waals surface area (Å²) >= 11 is 1.33. The highest BCUT2D eigenvalue weighted by Gasteiger charge is 2.32. The van der Waals surface area contributed by atoms with E-state index in [1.165, 1.54) is 17.6 Å². The van der Waals surface area contributed by atoms with Crippen molar-refractivity contribution in [2.75, 3.05) is 5.32 Å². The van der Waals surface area contributed by atoms with E-state index in [0.29, 0.717) is 11.3 Å². The fraction of sp³-hybridized carbons (Fsp3) is 0.111. The second-order valence-electron chi connectivity index (χ2n) is 5.46. The van der Waals surface area contributed by atoms with Crippen molar-refractivity contribution in [3.8, 4) is 11.3 Å². The van der Waals surface area contributed by atoms with Crippen LogP contribution in [0, 0.1) is 5.82 Å². The second kappa shape index (κ2) is 5.59. The first-order valence-electron chi connectivity index (χ1n) is 7.33. The van der Waals surface area contributed by atoms with Gasteiger partial charge in [-0.2, -0.15) is 4.37 Å². The van der Waals surface area contributed by atoms with Crippen LogP contribution in [0.3, 0.4) is 0 Å². The molecule has 2 heterocycles. The maximum Gasteiger partial charge on any atom is 0.225 e. The maximum atomic E-state index is 14.2. The molecule has 1 aliphatic rings. The molecule has 1 atom stereocenters. The van der Waals surface area contributed by atoms with Crippen LogP contribution in [0.15, 0.2) is 54.6 Å². The number of hydrogen-bond acceptors (Lipinski definition) is 3. The summed E-state index contributed by atoms with van der Waals surface area (Å²) in [6, 6.07) is 16.3. The molecule has 2 aromatic carbocycles. The zero-order chi connectivity index (χ0) is 15.8. The average molecular weight is 324 g/mol. The van der Waals surface area contributed by atoms with Crippen LogP contribution in [0.5, 0.6) is 0 Å². The summed E-state index contributed by atoms with van der Waals surface area (Å²) in [4.78, 5) is 13.1. The van der Waals surface area contributed by atoms with Crippen molar-refractivity contribution in [3.05, 3.63) is 70.9 Å². The number of benzene rings is 2. The van der Waals surface area contributed by atoms with Crippen molar-refractivity contribution >= 4 is 23.1 Å². The van der Waals surface area contributed by atoms with Gasteiger partial charge in [0.1, 0.15) is 11.5 Å². The summed E-state index contributed by atoms with van der Waals surface area (Å²) in [6.07, 6.45) is 0.240. The molecular formula is C18H13FN2OS.